The van der Waals surface area contributed by atoms with Crippen molar-refractivity contribution in [1.29, 1.82) is 0 Å². The van der Waals surface area contributed by atoms with Gasteiger partial charge in [0.25, 0.3) is 0 Å². The summed E-state index contributed by atoms with van der Waals surface area (Å²) in [6.07, 6.45) is 2.80. The molecular formula is C14H28N4O3. The molecule has 7 heteroatoms. The number of nitrogens with two attached hydrogens (primary N) is 2. The molecule has 6 N–H and O–H groups in total. The molecule has 7 nitrogen and oxygen atoms in total. The van der Waals surface area contributed by atoms with Crippen molar-refractivity contribution in [3.05, 3.63) is 0 Å². The highest BCUT2D eigenvalue weighted by Crippen LogP contribution is 2.00. The van der Waals surface area contributed by atoms with Crippen molar-refractivity contribution >= 4 is 18.1 Å². The Morgan fingerprint density at radius 1 is 1.10 bits per heavy atom. The van der Waals surface area contributed by atoms with Gasteiger partial charge in [-0.15, -0.1) is 0 Å². The van der Waals surface area contributed by atoms with Gasteiger partial charge in [-0.1, -0.05) is 20.3 Å². The normalized spacial score (nSPS) is 15.1. The Morgan fingerprint density at radius 2 is 1.71 bits per heavy atom. The summed E-state index contributed by atoms with van der Waals surface area (Å²) in [7, 11) is 0. The zero-order valence-electron chi connectivity index (χ0n) is 13.1. The Labute approximate surface area is 126 Å². The van der Waals surface area contributed by atoms with Crippen LogP contribution < -0.4 is 22.1 Å². The fraction of sp³-hybridized carbons (Fsp3) is 0.786. The first-order valence-electron chi connectivity index (χ1n) is 7.35. The Bertz CT molecular complexity index is 347. The molecular weight excluding hydrogens is 272 g/mol. The van der Waals surface area contributed by atoms with Crippen LogP contribution in [0.3, 0.4) is 0 Å². The lowest BCUT2D eigenvalue weighted by Gasteiger charge is -2.21. The van der Waals surface area contributed by atoms with Crippen LogP contribution in [0.15, 0.2) is 0 Å². The van der Waals surface area contributed by atoms with E-state index in [1.54, 1.807) is 6.92 Å². The minimum atomic E-state index is -0.737. The predicted molar refractivity (Wildman–Crippen MR) is 81.3 cm³/mol. The number of aldehydes is 1. The first-order chi connectivity index (χ1) is 9.83. The van der Waals surface area contributed by atoms with Gasteiger partial charge >= 0.3 is 0 Å². The molecule has 3 atom stereocenters. The van der Waals surface area contributed by atoms with E-state index in [1.165, 1.54) is 0 Å². The number of rotatable bonds is 10. The maximum Gasteiger partial charge on any atom is 0.242 e. The number of hydrogen-bond acceptors (Lipinski definition) is 5. The van der Waals surface area contributed by atoms with Crippen molar-refractivity contribution < 1.29 is 14.4 Å². The van der Waals surface area contributed by atoms with Crippen molar-refractivity contribution in [2.75, 3.05) is 6.54 Å². The van der Waals surface area contributed by atoms with Crippen molar-refractivity contribution in [2.45, 2.75) is 58.2 Å². The van der Waals surface area contributed by atoms with Gasteiger partial charge in [-0.05, 0) is 32.2 Å². The van der Waals surface area contributed by atoms with Crippen molar-refractivity contribution in [3.8, 4) is 0 Å². The van der Waals surface area contributed by atoms with Gasteiger partial charge < -0.3 is 26.9 Å². The van der Waals surface area contributed by atoms with Crippen LogP contribution in [-0.4, -0.2) is 42.8 Å². The second-order valence-corrected chi connectivity index (χ2v) is 5.54. The summed E-state index contributed by atoms with van der Waals surface area (Å²) in [6, 6.07) is -1.95. The topological polar surface area (TPSA) is 127 Å². The maximum atomic E-state index is 11.9. The zero-order valence-corrected chi connectivity index (χ0v) is 13.1. The Kier molecular flexibility index (Phi) is 9.56. The average molecular weight is 300 g/mol. The molecule has 21 heavy (non-hydrogen) atoms. The maximum absolute atomic E-state index is 11.9. The van der Waals surface area contributed by atoms with Crippen LogP contribution >= 0.6 is 0 Å². The number of carbonyl (C=O) groups is 3. The molecule has 0 radical (unpaired) electrons. The third kappa shape index (κ3) is 7.77. The number of carbonyl (C=O) groups excluding carboxylic acids is 3. The number of nitrogens with one attached hydrogen (secondary N) is 2. The second-order valence-electron chi connectivity index (χ2n) is 5.54. The van der Waals surface area contributed by atoms with Crippen LogP contribution in [0.4, 0.5) is 0 Å². The second kappa shape index (κ2) is 10.3. The lowest BCUT2D eigenvalue weighted by atomic mass is 10.1. The van der Waals surface area contributed by atoms with Gasteiger partial charge in [-0.2, -0.15) is 0 Å². The summed E-state index contributed by atoms with van der Waals surface area (Å²) in [5.74, 6) is -0.780. The summed E-state index contributed by atoms with van der Waals surface area (Å²) in [6.45, 7) is 5.78. The van der Waals surface area contributed by atoms with E-state index in [0.29, 0.717) is 19.3 Å². The summed E-state index contributed by atoms with van der Waals surface area (Å²) in [4.78, 5) is 34.6. The molecule has 0 spiro atoms. The molecule has 0 aromatic rings. The first kappa shape index (κ1) is 19.5. The lowest BCUT2D eigenvalue weighted by molar-refractivity contribution is -0.130. The Balaban J connectivity index is 4.27. The van der Waals surface area contributed by atoms with E-state index in [4.69, 9.17) is 11.5 Å². The summed E-state index contributed by atoms with van der Waals surface area (Å²) in [5.41, 5.74) is 11.1. The van der Waals surface area contributed by atoms with Gasteiger partial charge in [-0.3, -0.25) is 9.59 Å². The Morgan fingerprint density at radius 3 is 2.19 bits per heavy atom. The third-order valence-corrected chi connectivity index (χ3v) is 3.23. The van der Waals surface area contributed by atoms with Crippen LogP contribution in [-0.2, 0) is 14.4 Å². The molecule has 2 amide bonds. The largest absolute Gasteiger partial charge is 0.345 e. The summed E-state index contributed by atoms with van der Waals surface area (Å²) in [5, 5.41) is 5.13. The molecule has 0 aliphatic carbocycles. The first-order valence-corrected chi connectivity index (χ1v) is 7.35. The third-order valence-electron chi connectivity index (χ3n) is 3.23. The minimum absolute atomic E-state index is 0.00660. The fourth-order valence-electron chi connectivity index (χ4n) is 1.67. The molecule has 0 bridgehead atoms. The molecule has 0 fully saturated rings. The highest BCUT2D eigenvalue weighted by molar-refractivity contribution is 5.90. The highest BCUT2D eigenvalue weighted by Gasteiger charge is 2.22. The molecule has 0 unspecified atom stereocenters. The summed E-state index contributed by atoms with van der Waals surface area (Å²) < 4.78 is 0. The van der Waals surface area contributed by atoms with E-state index in [0.717, 1.165) is 12.8 Å². The number of amides is 2. The smallest absolute Gasteiger partial charge is 0.242 e. The van der Waals surface area contributed by atoms with Gasteiger partial charge in [0.2, 0.25) is 11.8 Å². The molecule has 122 valence electrons. The van der Waals surface area contributed by atoms with Crippen LogP contribution in [0.25, 0.3) is 0 Å². The SMILES string of the molecule is CC(C)[C@@H](C=O)NC(=O)[C@H](C)NC(=O)[C@@H](N)CCCCN. The molecule has 0 saturated carbocycles. The Hall–Kier alpha value is -1.47. The van der Waals surface area contributed by atoms with Crippen molar-refractivity contribution in [2.24, 2.45) is 17.4 Å². The van der Waals surface area contributed by atoms with Gasteiger partial charge in [-0.25, -0.2) is 0 Å². The van der Waals surface area contributed by atoms with Crippen LogP contribution in [0.2, 0.25) is 0 Å². The molecule has 0 aromatic heterocycles. The van der Waals surface area contributed by atoms with Crippen molar-refractivity contribution in [3.63, 3.8) is 0 Å². The summed E-state index contributed by atoms with van der Waals surface area (Å²) >= 11 is 0. The van der Waals surface area contributed by atoms with E-state index in [-0.39, 0.29) is 11.8 Å². The number of unbranched alkanes of at least 4 members (excludes halogenated alkanes) is 1. The molecule has 0 saturated heterocycles. The minimum Gasteiger partial charge on any atom is -0.345 e. The molecule has 0 aromatic carbocycles. The average Bonchev–Trinajstić information content (AvgIpc) is 2.43. The van der Waals surface area contributed by atoms with Crippen LogP contribution in [0.5, 0.6) is 0 Å². The molecule has 0 rings (SSSR count). The van der Waals surface area contributed by atoms with E-state index >= 15 is 0 Å². The molecule has 0 aliphatic rings. The van der Waals surface area contributed by atoms with E-state index in [9.17, 15) is 14.4 Å². The van der Waals surface area contributed by atoms with Crippen LogP contribution in [0.1, 0.15) is 40.0 Å². The van der Waals surface area contributed by atoms with Gasteiger partial charge in [0, 0.05) is 0 Å². The monoisotopic (exact) mass is 300 g/mol. The van der Waals surface area contributed by atoms with Gasteiger partial charge in [0.1, 0.15) is 12.3 Å². The molecule has 0 aliphatic heterocycles. The molecule has 0 heterocycles. The van der Waals surface area contributed by atoms with Crippen molar-refractivity contribution in [1.82, 2.24) is 10.6 Å². The van der Waals surface area contributed by atoms with Gasteiger partial charge in [0.05, 0.1) is 12.1 Å². The van der Waals surface area contributed by atoms with E-state index < -0.39 is 24.0 Å². The lowest BCUT2D eigenvalue weighted by Crippen LogP contribution is -2.53. The van der Waals surface area contributed by atoms with Gasteiger partial charge in [0.15, 0.2) is 0 Å². The zero-order chi connectivity index (χ0) is 16.4. The van der Waals surface area contributed by atoms with Crippen LogP contribution in [0, 0.1) is 5.92 Å². The predicted octanol–water partition coefficient (Wildman–Crippen LogP) is -0.713. The fourth-order valence-corrected chi connectivity index (χ4v) is 1.67. The quantitative estimate of drug-likeness (QED) is 0.313. The van der Waals surface area contributed by atoms with E-state index in [2.05, 4.69) is 10.6 Å². The highest BCUT2D eigenvalue weighted by atomic mass is 16.2. The standard InChI is InChI=1S/C14H28N4O3/c1-9(2)12(8-19)18-13(20)10(3)17-14(21)11(16)6-4-5-7-15/h8-12H,4-7,15-16H2,1-3H3,(H,17,21)(H,18,20)/t10-,11-,12+/m0/s1. The number of hydrogen-bond donors (Lipinski definition) is 4. The van der Waals surface area contributed by atoms with E-state index in [1.807, 2.05) is 13.8 Å².